The molecule has 1 rings (SSSR count). The maximum absolute atomic E-state index is 11.2. The predicted octanol–water partition coefficient (Wildman–Crippen LogP) is 1.14. The normalized spacial score (nSPS) is 32.1. The van der Waals surface area contributed by atoms with E-state index in [1.54, 1.807) is 0 Å². The summed E-state index contributed by atoms with van der Waals surface area (Å²) in [5.74, 6) is -1.66. The van der Waals surface area contributed by atoms with Crippen molar-refractivity contribution in [3.63, 3.8) is 0 Å². The van der Waals surface area contributed by atoms with Crippen LogP contribution in [0.25, 0.3) is 0 Å². The third kappa shape index (κ3) is 5.44. The molecule has 1 aliphatic heterocycles. The Kier molecular flexibility index (Phi) is 6.89. The number of hydrogen-bond acceptors (Lipinski definition) is 7. The topological polar surface area (TPSA) is 88.1 Å². The van der Waals surface area contributed by atoms with Gasteiger partial charge in [0, 0.05) is 20.8 Å². The number of carbonyl (C=O) groups is 3. The minimum Gasteiger partial charge on any atom is -0.463 e. The van der Waals surface area contributed by atoms with Gasteiger partial charge in [-0.2, -0.15) is 0 Å². The molecule has 0 aromatic rings. The monoisotopic (exact) mass is 386 g/mol. The van der Waals surface area contributed by atoms with Crippen LogP contribution in [0.4, 0.5) is 0 Å². The van der Waals surface area contributed by atoms with Crippen LogP contribution in [0.2, 0.25) is 0 Å². The molecule has 1 aliphatic rings. The number of halogens is 2. The van der Waals surface area contributed by atoms with Gasteiger partial charge in [0.05, 0.1) is 4.83 Å². The molecule has 1 saturated heterocycles. The molecule has 0 bridgehead atoms. The van der Waals surface area contributed by atoms with E-state index in [2.05, 4.69) is 15.9 Å². The molecule has 0 radical (unpaired) electrons. The van der Waals surface area contributed by atoms with Crippen molar-refractivity contribution < 1.29 is 33.3 Å². The first kappa shape index (κ1) is 18.2. The summed E-state index contributed by atoms with van der Waals surface area (Å²) in [5, 5.41) is 0. The average Bonchev–Trinajstić information content (AvgIpc) is 2.35. The minimum absolute atomic E-state index is 0.173. The molecule has 5 atom stereocenters. The van der Waals surface area contributed by atoms with Crippen LogP contribution in [0.5, 0.6) is 0 Å². The van der Waals surface area contributed by atoms with Gasteiger partial charge >= 0.3 is 17.9 Å². The first-order valence-electron chi connectivity index (χ1n) is 6.13. The van der Waals surface area contributed by atoms with Crippen molar-refractivity contribution in [3.05, 3.63) is 0 Å². The predicted molar refractivity (Wildman–Crippen MR) is 75.0 cm³/mol. The Balaban J connectivity index is 2.94. The van der Waals surface area contributed by atoms with Gasteiger partial charge in [0.15, 0.2) is 12.2 Å². The van der Waals surface area contributed by atoms with Crippen molar-refractivity contribution in [3.8, 4) is 0 Å². The summed E-state index contributed by atoms with van der Waals surface area (Å²) in [4.78, 5) is 32.8. The second-order valence-electron chi connectivity index (χ2n) is 4.42. The summed E-state index contributed by atoms with van der Waals surface area (Å²) in [6.45, 7) is 3.50. The lowest BCUT2D eigenvalue weighted by Gasteiger charge is -2.41. The fraction of sp³-hybridized carbons (Fsp3) is 0.750. The number of hydrogen-bond donors (Lipinski definition) is 0. The number of esters is 3. The van der Waals surface area contributed by atoms with Crippen LogP contribution in [-0.2, 0) is 33.3 Å². The van der Waals surface area contributed by atoms with E-state index in [0.29, 0.717) is 0 Å². The second kappa shape index (κ2) is 7.95. The van der Waals surface area contributed by atoms with Crippen molar-refractivity contribution in [2.75, 3.05) is 6.61 Å². The van der Waals surface area contributed by atoms with E-state index < -0.39 is 46.6 Å². The molecular formula is C12H16BrClO7. The maximum Gasteiger partial charge on any atom is 0.303 e. The van der Waals surface area contributed by atoms with Gasteiger partial charge < -0.3 is 18.9 Å². The Bertz CT molecular complexity index is 416. The highest BCUT2D eigenvalue weighted by Crippen LogP contribution is 2.32. The summed E-state index contributed by atoms with van der Waals surface area (Å²) >= 11 is 9.27. The Labute approximate surface area is 135 Å². The fourth-order valence-corrected chi connectivity index (χ4v) is 2.66. The highest BCUT2D eigenvalue weighted by Gasteiger charge is 2.48. The van der Waals surface area contributed by atoms with Crippen molar-refractivity contribution >= 4 is 45.4 Å². The molecule has 0 spiro atoms. The number of carbonyl (C=O) groups excluding carboxylic acids is 3. The maximum atomic E-state index is 11.2. The molecule has 0 aliphatic carbocycles. The first-order chi connectivity index (χ1) is 9.72. The molecule has 0 unspecified atom stereocenters. The van der Waals surface area contributed by atoms with Crippen molar-refractivity contribution in [1.29, 1.82) is 0 Å². The Hall–Kier alpha value is -0.860. The van der Waals surface area contributed by atoms with E-state index in [4.69, 9.17) is 30.5 Å². The van der Waals surface area contributed by atoms with Crippen molar-refractivity contribution in [1.82, 2.24) is 0 Å². The minimum atomic E-state index is -0.940. The molecule has 1 fully saturated rings. The average molecular weight is 388 g/mol. The highest BCUT2D eigenvalue weighted by atomic mass is 79.9. The molecule has 0 saturated carbocycles. The van der Waals surface area contributed by atoms with Crippen LogP contribution in [0.1, 0.15) is 20.8 Å². The SMILES string of the molecule is CC(=O)OC[C@H]1O[C@H](Cl)[C@@H](Br)[C@@H](OC(C)=O)[C@H]1OC(C)=O. The molecule has 9 heteroatoms. The summed E-state index contributed by atoms with van der Waals surface area (Å²) in [6, 6.07) is 0. The van der Waals surface area contributed by atoms with Crippen LogP contribution in [0.3, 0.4) is 0 Å². The quantitative estimate of drug-likeness (QED) is 0.406. The zero-order valence-electron chi connectivity index (χ0n) is 11.7. The van der Waals surface area contributed by atoms with Crippen molar-refractivity contribution in [2.24, 2.45) is 0 Å². The van der Waals surface area contributed by atoms with E-state index >= 15 is 0 Å². The van der Waals surface area contributed by atoms with E-state index in [1.165, 1.54) is 20.8 Å². The van der Waals surface area contributed by atoms with Crippen LogP contribution in [-0.4, -0.2) is 53.2 Å². The van der Waals surface area contributed by atoms with Crippen LogP contribution in [0, 0.1) is 0 Å². The third-order valence-corrected chi connectivity index (χ3v) is 4.29. The Morgan fingerprint density at radius 1 is 1.05 bits per heavy atom. The van der Waals surface area contributed by atoms with Crippen LogP contribution in [0.15, 0.2) is 0 Å². The first-order valence-corrected chi connectivity index (χ1v) is 7.49. The summed E-state index contributed by atoms with van der Waals surface area (Å²) in [7, 11) is 0. The van der Waals surface area contributed by atoms with Gasteiger partial charge in [0.2, 0.25) is 0 Å². The third-order valence-electron chi connectivity index (χ3n) is 2.61. The van der Waals surface area contributed by atoms with Gasteiger partial charge in [-0.3, -0.25) is 14.4 Å². The molecule has 0 amide bonds. The van der Waals surface area contributed by atoms with Gasteiger partial charge in [0.1, 0.15) is 18.3 Å². The van der Waals surface area contributed by atoms with Crippen molar-refractivity contribution in [2.45, 2.75) is 49.5 Å². The Morgan fingerprint density at radius 3 is 2.05 bits per heavy atom. The van der Waals surface area contributed by atoms with Gasteiger partial charge in [-0.25, -0.2) is 0 Å². The summed E-state index contributed by atoms with van der Waals surface area (Å²) in [5.41, 5.74) is -0.846. The smallest absolute Gasteiger partial charge is 0.303 e. The van der Waals surface area contributed by atoms with E-state index in [1.807, 2.05) is 0 Å². The number of alkyl halides is 2. The lowest BCUT2D eigenvalue weighted by molar-refractivity contribution is -0.203. The molecule has 21 heavy (non-hydrogen) atoms. The molecule has 1 heterocycles. The fourth-order valence-electron chi connectivity index (χ4n) is 1.85. The molecule has 120 valence electrons. The summed E-state index contributed by atoms with van der Waals surface area (Å²) in [6.07, 6.45) is -2.63. The van der Waals surface area contributed by atoms with E-state index in [-0.39, 0.29) is 6.61 Å². The van der Waals surface area contributed by atoms with E-state index in [9.17, 15) is 14.4 Å². The number of ether oxygens (including phenoxy) is 4. The number of rotatable bonds is 4. The highest BCUT2D eigenvalue weighted by molar-refractivity contribution is 9.09. The molecule has 0 aromatic heterocycles. The van der Waals surface area contributed by atoms with Crippen LogP contribution < -0.4 is 0 Å². The molecule has 7 nitrogen and oxygen atoms in total. The summed E-state index contributed by atoms with van der Waals surface area (Å²) < 4.78 is 20.6. The van der Waals surface area contributed by atoms with Gasteiger partial charge in [-0.15, -0.1) is 0 Å². The zero-order valence-corrected chi connectivity index (χ0v) is 14.0. The lowest BCUT2D eigenvalue weighted by atomic mass is 10.0. The zero-order chi connectivity index (χ0) is 16.2. The second-order valence-corrected chi connectivity index (χ2v) is 5.91. The largest absolute Gasteiger partial charge is 0.463 e. The molecule has 0 aromatic carbocycles. The van der Waals surface area contributed by atoms with Crippen LogP contribution >= 0.6 is 27.5 Å². The molecular weight excluding hydrogens is 371 g/mol. The lowest BCUT2D eigenvalue weighted by Crippen LogP contribution is -2.58. The van der Waals surface area contributed by atoms with Gasteiger partial charge in [-0.05, 0) is 0 Å². The Morgan fingerprint density at radius 2 is 1.57 bits per heavy atom. The van der Waals surface area contributed by atoms with Gasteiger partial charge in [0.25, 0.3) is 0 Å². The standard InChI is InChI=1S/C12H16BrClO7/c1-5(15)18-4-8-10(19-6(2)16)11(20-7(3)17)9(13)12(14)21-8/h8-12H,4H2,1-3H3/t8-,9+,10+,11-,12+/m1/s1. The molecule has 0 N–H and O–H groups in total. The van der Waals surface area contributed by atoms with Gasteiger partial charge in [-0.1, -0.05) is 27.5 Å². The van der Waals surface area contributed by atoms with E-state index in [0.717, 1.165) is 0 Å².